The van der Waals surface area contributed by atoms with Crippen molar-refractivity contribution in [1.29, 1.82) is 0 Å². The van der Waals surface area contributed by atoms with Crippen LogP contribution >= 0.6 is 23.4 Å². The highest BCUT2D eigenvalue weighted by Crippen LogP contribution is 2.31. The molecule has 0 aliphatic carbocycles. The Morgan fingerprint density at radius 3 is 2.51 bits per heavy atom. The Bertz CT molecular complexity index is 1350. The van der Waals surface area contributed by atoms with E-state index in [1.807, 2.05) is 36.4 Å². The number of amides is 1. The number of amidine groups is 1. The number of carbonyl (C=O) groups is 3. The number of carboxylic acid groups (broad SMARTS) is 1. The molecule has 3 aromatic carbocycles. The van der Waals surface area contributed by atoms with Crippen molar-refractivity contribution in [1.82, 2.24) is 5.32 Å². The number of nitrogens with one attached hydrogen (secondary N) is 1. The molecule has 1 amide bonds. The smallest absolute Gasteiger partial charge is 0.335 e. The zero-order valence-corrected chi connectivity index (χ0v) is 20.0. The first-order chi connectivity index (χ1) is 16.8. The summed E-state index contributed by atoms with van der Waals surface area (Å²) in [6.07, 6.45) is 1.70. The Kier molecular flexibility index (Phi) is 7.33. The number of ether oxygens (including phenoxy) is 1. The van der Waals surface area contributed by atoms with Crippen LogP contribution in [0.1, 0.15) is 38.8 Å². The minimum atomic E-state index is -1.17. The summed E-state index contributed by atoms with van der Waals surface area (Å²) in [5.41, 5.74) is 2.08. The average molecular weight is 507 g/mol. The van der Waals surface area contributed by atoms with Gasteiger partial charge in [-0.05, 0) is 66.7 Å². The van der Waals surface area contributed by atoms with E-state index in [9.17, 15) is 19.5 Å². The van der Waals surface area contributed by atoms with Gasteiger partial charge in [0.2, 0.25) is 0 Å². The summed E-state index contributed by atoms with van der Waals surface area (Å²) in [4.78, 5) is 40.5. The van der Waals surface area contributed by atoms with Crippen molar-refractivity contribution in [3.63, 3.8) is 0 Å². The second-order valence-corrected chi connectivity index (χ2v) is 9.03. The van der Waals surface area contributed by atoms with Crippen LogP contribution < -0.4 is 10.1 Å². The van der Waals surface area contributed by atoms with Crippen molar-refractivity contribution in [2.24, 2.45) is 4.99 Å². The summed E-state index contributed by atoms with van der Waals surface area (Å²) in [5.74, 6) is -1.20. The van der Waals surface area contributed by atoms with Crippen LogP contribution in [0.3, 0.4) is 0 Å². The molecule has 0 spiro atoms. The van der Waals surface area contributed by atoms with Gasteiger partial charge in [-0.15, -0.1) is 0 Å². The number of benzene rings is 3. The van der Waals surface area contributed by atoms with Gasteiger partial charge in [0.15, 0.2) is 11.0 Å². The van der Waals surface area contributed by atoms with Crippen LogP contribution in [0.4, 0.5) is 5.69 Å². The number of rotatable bonds is 7. The molecule has 0 aromatic heterocycles. The molecule has 176 valence electrons. The van der Waals surface area contributed by atoms with E-state index in [4.69, 9.17) is 16.3 Å². The van der Waals surface area contributed by atoms with Crippen LogP contribution in [0.15, 0.2) is 76.6 Å². The molecule has 1 heterocycles. The molecule has 1 aliphatic heterocycles. The van der Waals surface area contributed by atoms with E-state index in [1.165, 1.54) is 25.1 Å². The number of thioether (sulfide) groups is 1. The lowest BCUT2D eigenvalue weighted by Gasteiger charge is -2.09. The van der Waals surface area contributed by atoms with E-state index in [2.05, 4.69) is 10.3 Å². The zero-order valence-electron chi connectivity index (χ0n) is 18.4. The zero-order chi connectivity index (χ0) is 24.9. The van der Waals surface area contributed by atoms with Gasteiger partial charge in [0.1, 0.15) is 12.4 Å². The summed E-state index contributed by atoms with van der Waals surface area (Å²) in [5, 5.41) is 12.9. The monoisotopic (exact) mass is 506 g/mol. The van der Waals surface area contributed by atoms with Crippen LogP contribution in [-0.2, 0) is 11.4 Å². The summed E-state index contributed by atoms with van der Waals surface area (Å²) in [7, 11) is 0. The molecule has 7 nitrogen and oxygen atoms in total. The van der Waals surface area contributed by atoms with E-state index in [1.54, 1.807) is 18.2 Å². The fraction of sp³-hybridized carbons (Fsp3) is 0.0769. The van der Waals surface area contributed by atoms with E-state index in [0.29, 0.717) is 27.8 Å². The fourth-order valence-electron chi connectivity index (χ4n) is 3.21. The van der Waals surface area contributed by atoms with Crippen LogP contribution in [0, 0.1) is 0 Å². The van der Waals surface area contributed by atoms with Gasteiger partial charge in [0, 0.05) is 16.1 Å². The van der Waals surface area contributed by atoms with Gasteiger partial charge in [-0.25, -0.2) is 9.79 Å². The molecule has 0 atom stereocenters. The van der Waals surface area contributed by atoms with Crippen molar-refractivity contribution < 1.29 is 24.2 Å². The molecular weight excluding hydrogens is 488 g/mol. The van der Waals surface area contributed by atoms with Gasteiger partial charge >= 0.3 is 5.97 Å². The molecule has 35 heavy (non-hydrogen) atoms. The number of halogens is 1. The second-order valence-electron chi connectivity index (χ2n) is 7.56. The number of ketones is 1. The van der Waals surface area contributed by atoms with Gasteiger partial charge in [0.25, 0.3) is 5.91 Å². The second kappa shape index (κ2) is 10.6. The van der Waals surface area contributed by atoms with Gasteiger partial charge in [0.05, 0.1) is 16.2 Å². The molecule has 4 rings (SSSR count). The Hall–Kier alpha value is -3.88. The maximum Gasteiger partial charge on any atom is 0.335 e. The minimum absolute atomic E-state index is 0.0612. The van der Waals surface area contributed by atoms with E-state index in [-0.39, 0.29) is 33.7 Å². The van der Waals surface area contributed by atoms with E-state index >= 15 is 0 Å². The van der Waals surface area contributed by atoms with Crippen LogP contribution in [0.25, 0.3) is 6.08 Å². The maximum absolute atomic E-state index is 12.6. The molecule has 1 saturated heterocycles. The lowest BCUT2D eigenvalue weighted by atomic mass is 10.1. The van der Waals surface area contributed by atoms with Gasteiger partial charge in [-0.2, -0.15) is 0 Å². The summed E-state index contributed by atoms with van der Waals surface area (Å²) < 4.78 is 5.96. The Morgan fingerprint density at radius 1 is 1.09 bits per heavy atom. The molecule has 9 heteroatoms. The SMILES string of the molecule is CC(=O)c1cc(N=C2NC(=O)/C(=C/c3ccccc3OCc3ccc(Cl)cc3)S2)cc(C(=O)O)c1. The van der Waals surface area contributed by atoms with Gasteiger partial charge in [-0.1, -0.05) is 41.9 Å². The van der Waals surface area contributed by atoms with Crippen molar-refractivity contribution in [2.45, 2.75) is 13.5 Å². The number of para-hydroxylation sites is 1. The molecule has 2 N–H and O–H groups in total. The molecule has 0 unspecified atom stereocenters. The average Bonchev–Trinajstić information content (AvgIpc) is 3.17. The molecule has 0 saturated carbocycles. The quantitative estimate of drug-likeness (QED) is 0.314. The third-order valence-electron chi connectivity index (χ3n) is 4.97. The van der Waals surface area contributed by atoms with Crippen LogP contribution in [-0.4, -0.2) is 27.9 Å². The normalized spacial score (nSPS) is 15.3. The Labute approximate surface area is 210 Å². The van der Waals surface area contributed by atoms with E-state index < -0.39 is 5.97 Å². The Morgan fingerprint density at radius 2 is 1.80 bits per heavy atom. The van der Waals surface area contributed by atoms with E-state index in [0.717, 1.165) is 17.3 Å². The number of aromatic carboxylic acids is 1. The van der Waals surface area contributed by atoms with Crippen molar-refractivity contribution in [2.75, 3.05) is 0 Å². The first-order valence-corrected chi connectivity index (χ1v) is 11.6. The highest BCUT2D eigenvalue weighted by molar-refractivity contribution is 8.18. The molecule has 0 radical (unpaired) electrons. The number of carbonyl (C=O) groups excluding carboxylic acids is 2. The number of carboxylic acids is 1. The molecule has 1 fully saturated rings. The topological polar surface area (TPSA) is 105 Å². The lowest BCUT2D eigenvalue weighted by Crippen LogP contribution is -2.19. The number of hydrogen-bond donors (Lipinski definition) is 2. The maximum atomic E-state index is 12.6. The Balaban J connectivity index is 1.56. The number of aliphatic imine (C=N–C) groups is 1. The van der Waals surface area contributed by atoms with Crippen molar-refractivity contribution in [3.05, 3.63) is 98.9 Å². The van der Waals surface area contributed by atoms with Crippen LogP contribution in [0.2, 0.25) is 5.02 Å². The highest BCUT2D eigenvalue weighted by Gasteiger charge is 2.24. The standard InChI is InChI=1S/C26H19ClN2O5S/c1-15(30)18-10-19(25(32)33)12-21(11-18)28-26-29-24(31)23(35-26)13-17-4-2-3-5-22(17)34-14-16-6-8-20(27)9-7-16/h2-13H,14H2,1H3,(H,32,33)(H,28,29,31)/b23-13-. The summed E-state index contributed by atoms with van der Waals surface area (Å²) in [6, 6.07) is 18.8. The van der Waals surface area contributed by atoms with Crippen molar-refractivity contribution >= 4 is 58.0 Å². The number of nitrogens with zero attached hydrogens (tertiary/aromatic N) is 1. The molecule has 1 aliphatic rings. The van der Waals surface area contributed by atoms with Gasteiger partial charge < -0.3 is 15.2 Å². The molecular formula is C26H19ClN2O5S. The lowest BCUT2D eigenvalue weighted by molar-refractivity contribution is -0.115. The fourth-order valence-corrected chi connectivity index (χ4v) is 4.17. The number of Topliss-reactive ketones (excluding diaryl/α,β-unsaturated/α-hetero) is 1. The molecule has 0 bridgehead atoms. The summed E-state index contributed by atoms with van der Waals surface area (Å²) >= 11 is 7.04. The van der Waals surface area contributed by atoms with Crippen LogP contribution in [0.5, 0.6) is 5.75 Å². The molecule has 3 aromatic rings. The number of hydrogen-bond acceptors (Lipinski definition) is 6. The largest absolute Gasteiger partial charge is 0.488 e. The predicted molar refractivity (Wildman–Crippen MR) is 136 cm³/mol. The summed E-state index contributed by atoms with van der Waals surface area (Å²) in [6.45, 7) is 1.68. The predicted octanol–water partition coefficient (Wildman–Crippen LogP) is 5.71. The first kappa shape index (κ1) is 24.3. The third kappa shape index (κ3) is 6.17. The third-order valence-corrected chi connectivity index (χ3v) is 6.13. The highest BCUT2D eigenvalue weighted by atomic mass is 35.5. The first-order valence-electron chi connectivity index (χ1n) is 10.4. The van der Waals surface area contributed by atoms with Crippen molar-refractivity contribution in [3.8, 4) is 5.75 Å². The van der Waals surface area contributed by atoms with Gasteiger partial charge in [-0.3, -0.25) is 9.59 Å². The minimum Gasteiger partial charge on any atom is -0.488 e.